The van der Waals surface area contributed by atoms with Gasteiger partial charge in [0.25, 0.3) is 0 Å². The summed E-state index contributed by atoms with van der Waals surface area (Å²) < 4.78 is 19.1. The van der Waals surface area contributed by atoms with E-state index < -0.39 is 0 Å². The van der Waals surface area contributed by atoms with Gasteiger partial charge >= 0.3 is 5.97 Å². The van der Waals surface area contributed by atoms with E-state index in [1.54, 1.807) is 0 Å². The number of thioether (sulfide) groups is 1. The minimum atomic E-state index is -0.284. The van der Waals surface area contributed by atoms with Crippen LogP contribution < -0.4 is 0 Å². The van der Waals surface area contributed by atoms with E-state index in [0.717, 1.165) is 10.0 Å². The van der Waals surface area contributed by atoms with Gasteiger partial charge in [-0.15, -0.1) is 11.8 Å². The summed E-state index contributed by atoms with van der Waals surface area (Å²) in [7, 11) is 1.36. The second-order valence-corrected chi connectivity index (χ2v) is 5.67. The van der Waals surface area contributed by atoms with Crippen molar-refractivity contribution in [3.8, 4) is 0 Å². The summed E-state index contributed by atoms with van der Waals surface area (Å²) >= 11 is 4.51. The van der Waals surface area contributed by atoms with Gasteiger partial charge in [-0.2, -0.15) is 0 Å². The molecule has 0 amide bonds. The molecule has 0 spiro atoms. The average Bonchev–Trinajstić information content (AvgIpc) is 2.27. The molecular formula is C11H10BrFO2S. The van der Waals surface area contributed by atoms with E-state index in [1.807, 2.05) is 6.07 Å². The largest absolute Gasteiger partial charge is 0.468 e. The summed E-state index contributed by atoms with van der Waals surface area (Å²) in [5, 5.41) is -0.284. The Morgan fingerprint density at radius 2 is 2.38 bits per heavy atom. The summed E-state index contributed by atoms with van der Waals surface area (Å²) in [6.45, 7) is 0. The molecule has 2 nitrogen and oxygen atoms in total. The number of carbonyl (C=O) groups excluding carboxylic acids is 1. The smallest absolute Gasteiger partial charge is 0.319 e. The van der Waals surface area contributed by atoms with Crippen molar-refractivity contribution in [3.05, 3.63) is 28.0 Å². The minimum absolute atomic E-state index is 0.275. The van der Waals surface area contributed by atoms with Gasteiger partial charge in [0, 0.05) is 9.37 Å². The van der Waals surface area contributed by atoms with E-state index in [1.165, 1.54) is 24.9 Å². The number of methoxy groups -OCH3 is 1. The number of esters is 1. The number of benzene rings is 1. The van der Waals surface area contributed by atoms with Gasteiger partial charge in [0.05, 0.1) is 7.11 Å². The average molecular weight is 305 g/mol. The van der Waals surface area contributed by atoms with Crippen molar-refractivity contribution < 1.29 is 13.9 Å². The number of hydrogen-bond donors (Lipinski definition) is 0. The zero-order valence-corrected chi connectivity index (χ0v) is 11.0. The van der Waals surface area contributed by atoms with Crippen molar-refractivity contribution in [2.75, 3.05) is 7.11 Å². The topological polar surface area (TPSA) is 26.3 Å². The normalized spacial score (nSPS) is 19.1. The van der Waals surface area contributed by atoms with Crippen LogP contribution in [0.15, 0.2) is 21.5 Å². The number of rotatable bonds is 1. The lowest BCUT2D eigenvalue weighted by Gasteiger charge is -2.22. The standard InChI is InChI=1S/C11H10BrFO2S/c1-15-11(14)9-3-2-6-4-7(12)5-8(13)10(6)16-9/h4-5,9H,2-3H2,1H3. The fourth-order valence-corrected chi connectivity index (χ4v) is 3.39. The highest BCUT2D eigenvalue weighted by atomic mass is 79.9. The molecule has 0 saturated heterocycles. The van der Waals surface area contributed by atoms with Crippen molar-refractivity contribution in [1.82, 2.24) is 0 Å². The van der Waals surface area contributed by atoms with E-state index in [2.05, 4.69) is 20.7 Å². The lowest BCUT2D eigenvalue weighted by molar-refractivity contribution is -0.140. The number of hydrogen-bond acceptors (Lipinski definition) is 3. The summed E-state index contributed by atoms with van der Waals surface area (Å²) in [6.07, 6.45) is 1.40. The zero-order valence-electron chi connectivity index (χ0n) is 8.63. The second-order valence-electron chi connectivity index (χ2n) is 3.54. The Kier molecular flexibility index (Phi) is 3.54. The first-order valence-corrected chi connectivity index (χ1v) is 6.51. The quantitative estimate of drug-likeness (QED) is 0.746. The third-order valence-corrected chi connectivity index (χ3v) is 4.35. The second kappa shape index (κ2) is 4.75. The lowest BCUT2D eigenvalue weighted by Crippen LogP contribution is -2.23. The van der Waals surface area contributed by atoms with E-state index in [9.17, 15) is 9.18 Å². The number of fused-ring (bicyclic) bond motifs is 1. The van der Waals surface area contributed by atoms with Crippen LogP contribution in [0.2, 0.25) is 0 Å². The third kappa shape index (κ3) is 2.25. The van der Waals surface area contributed by atoms with Crippen LogP contribution in [0.1, 0.15) is 12.0 Å². The molecule has 1 aliphatic rings. The molecule has 0 fully saturated rings. The molecule has 0 aliphatic carbocycles. The maximum absolute atomic E-state index is 13.7. The predicted octanol–water partition coefficient (Wildman–Crippen LogP) is 3.17. The summed E-state index contributed by atoms with van der Waals surface area (Å²) in [5.41, 5.74) is 0.956. The molecule has 16 heavy (non-hydrogen) atoms. The molecule has 1 unspecified atom stereocenters. The van der Waals surface area contributed by atoms with E-state index in [0.29, 0.717) is 17.7 Å². The Morgan fingerprint density at radius 3 is 3.06 bits per heavy atom. The highest BCUT2D eigenvalue weighted by Gasteiger charge is 2.28. The van der Waals surface area contributed by atoms with Crippen molar-refractivity contribution in [2.45, 2.75) is 23.0 Å². The monoisotopic (exact) mass is 304 g/mol. The van der Waals surface area contributed by atoms with Gasteiger partial charge in [0.2, 0.25) is 0 Å². The Morgan fingerprint density at radius 1 is 1.62 bits per heavy atom. The summed E-state index contributed by atoms with van der Waals surface area (Å²) in [4.78, 5) is 12.0. The van der Waals surface area contributed by atoms with Crippen LogP contribution in [-0.4, -0.2) is 18.3 Å². The van der Waals surface area contributed by atoms with Crippen LogP contribution in [0.25, 0.3) is 0 Å². The Hall–Kier alpha value is -0.550. The molecule has 0 radical (unpaired) electrons. The van der Waals surface area contributed by atoms with Gasteiger partial charge in [-0.3, -0.25) is 4.79 Å². The SMILES string of the molecule is COC(=O)C1CCc2cc(Br)cc(F)c2S1. The third-order valence-electron chi connectivity index (χ3n) is 2.49. The highest BCUT2D eigenvalue weighted by Crippen LogP contribution is 2.38. The molecule has 2 rings (SSSR count). The molecule has 1 atom stereocenters. The van der Waals surface area contributed by atoms with Crippen LogP contribution >= 0.6 is 27.7 Å². The molecule has 1 heterocycles. The van der Waals surface area contributed by atoms with Crippen LogP contribution in [0.5, 0.6) is 0 Å². The maximum Gasteiger partial charge on any atom is 0.319 e. The Labute approximate surface area is 106 Å². The Bertz CT molecular complexity index is 436. The van der Waals surface area contributed by atoms with Gasteiger partial charge < -0.3 is 4.74 Å². The summed E-state index contributed by atoms with van der Waals surface area (Å²) in [6, 6.07) is 3.32. The zero-order chi connectivity index (χ0) is 11.7. The van der Waals surface area contributed by atoms with Crippen LogP contribution in [0.4, 0.5) is 4.39 Å². The minimum Gasteiger partial charge on any atom is -0.468 e. The van der Waals surface area contributed by atoms with Crippen molar-refractivity contribution >= 4 is 33.7 Å². The van der Waals surface area contributed by atoms with Crippen LogP contribution in [0.3, 0.4) is 0 Å². The number of aryl methyl sites for hydroxylation is 1. The van der Waals surface area contributed by atoms with Crippen LogP contribution in [0, 0.1) is 5.82 Å². The fourth-order valence-electron chi connectivity index (χ4n) is 1.72. The van der Waals surface area contributed by atoms with Crippen LogP contribution in [-0.2, 0) is 16.0 Å². The van der Waals surface area contributed by atoms with Crippen molar-refractivity contribution in [1.29, 1.82) is 0 Å². The first kappa shape index (κ1) is 11.9. The molecule has 1 aliphatic heterocycles. The maximum atomic E-state index is 13.7. The number of carbonyl (C=O) groups is 1. The molecule has 0 N–H and O–H groups in total. The van der Waals surface area contributed by atoms with E-state index >= 15 is 0 Å². The van der Waals surface area contributed by atoms with Gasteiger partial charge in [-0.1, -0.05) is 15.9 Å². The molecule has 86 valence electrons. The van der Waals surface area contributed by atoms with E-state index in [4.69, 9.17) is 0 Å². The fraction of sp³-hybridized carbons (Fsp3) is 0.364. The van der Waals surface area contributed by atoms with Gasteiger partial charge in [-0.05, 0) is 30.5 Å². The lowest BCUT2D eigenvalue weighted by atomic mass is 10.1. The molecule has 1 aromatic rings. The predicted molar refractivity (Wildman–Crippen MR) is 64.1 cm³/mol. The van der Waals surface area contributed by atoms with Gasteiger partial charge in [0.1, 0.15) is 11.1 Å². The number of ether oxygens (including phenoxy) is 1. The molecular weight excluding hydrogens is 295 g/mol. The molecule has 5 heteroatoms. The molecule has 1 aromatic carbocycles. The van der Waals surface area contributed by atoms with Crippen molar-refractivity contribution in [3.63, 3.8) is 0 Å². The highest BCUT2D eigenvalue weighted by molar-refractivity contribution is 9.10. The van der Waals surface area contributed by atoms with Gasteiger partial charge in [-0.25, -0.2) is 4.39 Å². The molecule has 0 aromatic heterocycles. The summed E-state index contributed by atoms with van der Waals surface area (Å²) in [5.74, 6) is -0.555. The molecule has 0 saturated carbocycles. The Balaban J connectivity index is 2.30. The van der Waals surface area contributed by atoms with E-state index in [-0.39, 0.29) is 17.0 Å². The first-order valence-electron chi connectivity index (χ1n) is 4.84. The molecule has 0 bridgehead atoms. The van der Waals surface area contributed by atoms with Gasteiger partial charge in [0.15, 0.2) is 0 Å². The number of halogens is 2. The van der Waals surface area contributed by atoms with Crippen molar-refractivity contribution in [2.24, 2.45) is 0 Å². The first-order chi connectivity index (χ1) is 7.61.